The van der Waals surface area contributed by atoms with Crippen LogP contribution in [0.4, 0.5) is 0 Å². The summed E-state index contributed by atoms with van der Waals surface area (Å²) in [7, 11) is 2.12. The van der Waals surface area contributed by atoms with Crippen LogP contribution in [-0.2, 0) is 32.1 Å². The van der Waals surface area contributed by atoms with Crippen LogP contribution in [0.15, 0.2) is 36.4 Å². The molecule has 1 heterocycles. The van der Waals surface area contributed by atoms with Gasteiger partial charge in [0.1, 0.15) is 5.75 Å². The van der Waals surface area contributed by atoms with E-state index in [9.17, 15) is 34.2 Å². The van der Waals surface area contributed by atoms with E-state index in [2.05, 4.69) is 29.0 Å². The van der Waals surface area contributed by atoms with Gasteiger partial charge in [-0.3, -0.25) is 28.9 Å². The van der Waals surface area contributed by atoms with Crippen LogP contribution in [0.5, 0.6) is 5.75 Å². The number of carbonyl (C=O) groups is 5. The Bertz CT molecular complexity index is 1480. The molecule has 0 aromatic heterocycles. The van der Waals surface area contributed by atoms with Crippen molar-refractivity contribution in [1.29, 1.82) is 0 Å². The van der Waals surface area contributed by atoms with Crippen LogP contribution >= 0.6 is 0 Å². The normalized spacial score (nSPS) is 30.5. The molecule has 1 saturated heterocycles. The molecule has 10 nitrogen and oxygen atoms in total. The van der Waals surface area contributed by atoms with Crippen LogP contribution in [0.1, 0.15) is 34.3 Å². The first-order valence-electron chi connectivity index (χ1n) is 14.0. The lowest BCUT2D eigenvalue weighted by Gasteiger charge is -2.48. The lowest BCUT2D eigenvalue weighted by Crippen LogP contribution is -2.68. The van der Waals surface area contributed by atoms with Crippen LogP contribution in [0, 0.1) is 23.7 Å². The minimum Gasteiger partial charge on any atom is -0.507 e. The zero-order chi connectivity index (χ0) is 29.2. The van der Waals surface area contributed by atoms with E-state index >= 15 is 0 Å². The zero-order valence-corrected chi connectivity index (χ0v) is 22.8. The Morgan fingerprint density at radius 2 is 1.66 bits per heavy atom. The van der Waals surface area contributed by atoms with Crippen molar-refractivity contribution in [3.8, 4) is 16.9 Å². The summed E-state index contributed by atoms with van der Waals surface area (Å²) in [6.45, 7) is 4.91. The smallest absolute Gasteiger partial charge is 0.235 e. The molecule has 4 unspecified atom stereocenters. The number of phenolic OH excluding ortho intramolecular Hbond substituents is 1. The minimum atomic E-state index is -2.64. The number of primary amides is 1. The Morgan fingerprint density at radius 3 is 2.32 bits per heavy atom. The molecule has 2 aromatic rings. The Kier molecular flexibility index (Phi) is 6.67. The molecule has 4 N–H and O–H groups in total. The molecule has 41 heavy (non-hydrogen) atoms. The average molecular weight is 560 g/mol. The first kappa shape index (κ1) is 27.4. The topological polar surface area (TPSA) is 158 Å². The van der Waals surface area contributed by atoms with E-state index in [-0.39, 0.29) is 30.6 Å². The average Bonchev–Trinajstić information content (AvgIpc) is 2.92. The highest BCUT2D eigenvalue weighted by Crippen LogP contribution is 2.51. The van der Waals surface area contributed by atoms with Gasteiger partial charge in [0.15, 0.2) is 34.7 Å². The molecule has 2 aromatic carbocycles. The number of piperazine rings is 1. The molecule has 6 rings (SSSR count). The Hall–Kier alpha value is -3.73. The van der Waals surface area contributed by atoms with Crippen molar-refractivity contribution >= 4 is 29.0 Å². The number of phenols is 1. The quantitative estimate of drug-likeness (QED) is 0.460. The van der Waals surface area contributed by atoms with E-state index in [4.69, 9.17) is 5.73 Å². The molecule has 10 heteroatoms. The summed E-state index contributed by atoms with van der Waals surface area (Å²) in [5.74, 6) is -10.1. The molecular weight excluding hydrogens is 526 g/mol. The fourth-order valence-electron chi connectivity index (χ4n) is 7.29. The SMILES string of the molecule is CN1CCN(Cc2ccc(-c3ccc(O)c4c3CC3CC5CC(=O)C(C(N)=O)C(=O)[C@@]5(O)C(=O)C3C4=O)cc2)CC1. The molecule has 0 spiro atoms. The minimum absolute atomic E-state index is 0.00597. The fourth-order valence-corrected chi connectivity index (χ4v) is 7.29. The van der Waals surface area contributed by atoms with Gasteiger partial charge in [0.25, 0.3) is 0 Å². The summed E-state index contributed by atoms with van der Waals surface area (Å²) in [4.78, 5) is 69.6. The van der Waals surface area contributed by atoms with E-state index in [1.807, 2.05) is 12.1 Å². The maximum absolute atomic E-state index is 13.8. The number of likely N-dealkylation sites (N-methyl/N-ethyl adjacent to an activating group) is 1. The maximum Gasteiger partial charge on any atom is 0.235 e. The van der Waals surface area contributed by atoms with E-state index in [1.165, 1.54) is 11.6 Å². The number of carbonyl (C=O) groups excluding carboxylic acids is 5. The molecule has 3 aliphatic carbocycles. The van der Waals surface area contributed by atoms with Crippen molar-refractivity contribution < 1.29 is 34.2 Å². The second-order valence-corrected chi connectivity index (χ2v) is 12.0. The molecule has 1 aliphatic heterocycles. The number of nitrogens with zero attached hydrogens (tertiary/aromatic N) is 2. The van der Waals surface area contributed by atoms with Gasteiger partial charge in [-0.25, -0.2) is 0 Å². The van der Waals surface area contributed by atoms with E-state index in [0.29, 0.717) is 5.56 Å². The Labute approximate surface area is 237 Å². The first-order chi connectivity index (χ1) is 19.5. The third-order valence-electron chi connectivity index (χ3n) is 9.55. The molecule has 2 saturated carbocycles. The number of nitrogens with two attached hydrogens (primary N) is 1. The lowest BCUT2D eigenvalue weighted by atomic mass is 9.53. The zero-order valence-electron chi connectivity index (χ0n) is 22.8. The van der Waals surface area contributed by atoms with Crippen molar-refractivity contribution in [2.75, 3.05) is 33.2 Å². The number of Topliss-reactive ketones (excluding diaryl/α,β-unsaturated/α-hetero) is 4. The molecular formula is C31H33N3O7. The summed E-state index contributed by atoms with van der Waals surface area (Å²) >= 11 is 0. The largest absolute Gasteiger partial charge is 0.507 e. The van der Waals surface area contributed by atoms with Gasteiger partial charge in [0, 0.05) is 45.1 Å². The number of aliphatic hydroxyl groups is 1. The Balaban J connectivity index is 1.31. The summed E-state index contributed by atoms with van der Waals surface area (Å²) in [5.41, 5.74) is 5.99. The second kappa shape index (κ2) is 9.97. The van der Waals surface area contributed by atoms with Gasteiger partial charge in [0.05, 0.1) is 11.5 Å². The summed E-state index contributed by atoms with van der Waals surface area (Å²) in [5, 5.41) is 22.1. The molecule has 4 aliphatic rings. The highest BCUT2D eigenvalue weighted by Gasteiger charge is 2.66. The van der Waals surface area contributed by atoms with Gasteiger partial charge in [0.2, 0.25) is 5.91 Å². The number of aromatic hydroxyl groups is 1. The van der Waals surface area contributed by atoms with Gasteiger partial charge in [-0.2, -0.15) is 0 Å². The lowest BCUT2D eigenvalue weighted by molar-refractivity contribution is -0.175. The van der Waals surface area contributed by atoms with Gasteiger partial charge in [-0.1, -0.05) is 30.3 Å². The van der Waals surface area contributed by atoms with Gasteiger partial charge in [-0.05, 0) is 54.1 Å². The van der Waals surface area contributed by atoms with E-state index in [0.717, 1.165) is 43.9 Å². The van der Waals surface area contributed by atoms with E-state index in [1.54, 1.807) is 6.07 Å². The summed E-state index contributed by atoms with van der Waals surface area (Å²) < 4.78 is 0. The molecule has 0 radical (unpaired) electrons. The number of benzene rings is 2. The standard InChI is InChI=1S/C31H33N3O7/c1-33-8-10-34(11-9-33)15-16-2-4-17(5-3-16)20-6-7-22(35)25-21(20)13-18-12-19-14-23(36)26(30(32)40)29(39)31(19,41)28(38)24(18)27(25)37/h2-7,18-19,24,26,35,41H,8-15H2,1H3,(H2,32,40)/t18?,19?,24?,26?,31-/m0/s1. The number of fused-ring (bicyclic) bond motifs is 3. The summed E-state index contributed by atoms with van der Waals surface area (Å²) in [6, 6.07) is 11.3. The number of ketones is 4. The molecule has 5 atom stereocenters. The number of hydrogen-bond acceptors (Lipinski definition) is 9. The van der Waals surface area contributed by atoms with Crippen molar-refractivity contribution in [1.82, 2.24) is 9.80 Å². The van der Waals surface area contributed by atoms with Crippen molar-refractivity contribution in [2.24, 2.45) is 29.4 Å². The molecule has 214 valence electrons. The first-order valence-corrected chi connectivity index (χ1v) is 14.0. The molecule has 1 amide bonds. The number of rotatable bonds is 4. The fraction of sp³-hybridized carbons (Fsp3) is 0.452. The van der Waals surface area contributed by atoms with Gasteiger partial charge in [-0.15, -0.1) is 0 Å². The summed E-state index contributed by atoms with van der Waals surface area (Å²) in [6.07, 6.45) is -0.0356. The highest BCUT2D eigenvalue weighted by molar-refractivity contribution is 6.31. The van der Waals surface area contributed by atoms with Crippen LogP contribution in [0.3, 0.4) is 0 Å². The van der Waals surface area contributed by atoms with E-state index < -0.39 is 58.3 Å². The van der Waals surface area contributed by atoms with Crippen LogP contribution < -0.4 is 5.73 Å². The van der Waals surface area contributed by atoms with Gasteiger partial charge >= 0.3 is 0 Å². The van der Waals surface area contributed by atoms with Crippen LogP contribution in [0.2, 0.25) is 0 Å². The molecule has 3 fully saturated rings. The predicted molar refractivity (Wildman–Crippen MR) is 147 cm³/mol. The highest BCUT2D eigenvalue weighted by atomic mass is 16.3. The van der Waals surface area contributed by atoms with Crippen LogP contribution in [-0.4, -0.2) is 87.9 Å². The Morgan fingerprint density at radius 1 is 0.976 bits per heavy atom. The van der Waals surface area contributed by atoms with Crippen molar-refractivity contribution in [3.63, 3.8) is 0 Å². The number of amides is 1. The monoisotopic (exact) mass is 559 g/mol. The second-order valence-electron chi connectivity index (χ2n) is 12.0. The third-order valence-corrected chi connectivity index (χ3v) is 9.55. The van der Waals surface area contributed by atoms with Crippen molar-refractivity contribution in [2.45, 2.75) is 31.4 Å². The predicted octanol–water partition coefficient (Wildman–Crippen LogP) is 0.741. The van der Waals surface area contributed by atoms with Crippen molar-refractivity contribution in [3.05, 3.63) is 53.1 Å². The molecule has 0 bridgehead atoms. The number of hydrogen-bond donors (Lipinski definition) is 3. The maximum atomic E-state index is 13.8. The van der Waals surface area contributed by atoms with Gasteiger partial charge < -0.3 is 20.8 Å². The third kappa shape index (κ3) is 4.32. The van der Waals surface area contributed by atoms with Crippen LogP contribution in [0.25, 0.3) is 11.1 Å².